The van der Waals surface area contributed by atoms with E-state index in [0.717, 1.165) is 18.4 Å². The zero-order chi connectivity index (χ0) is 14.2. The first kappa shape index (κ1) is 14.8. The fourth-order valence-electron chi connectivity index (χ4n) is 4.94. The summed E-state index contributed by atoms with van der Waals surface area (Å²) in [6, 6.07) is 0. The molecule has 116 valence electrons. The molecule has 0 aromatic heterocycles. The second-order valence-corrected chi connectivity index (χ2v) is 7.55. The lowest BCUT2D eigenvalue weighted by Gasteiger charge is -2.59. The molecule has 0 spiro atoms. The van der Waals surface area contributed by atoms with E-state index in [9.17, 15) is 0 Å². The van der Waals surface area contributed by atoms with Gasteiger partial charge >= 0.3 is 0 Å². The molecule has 0 aromatic carbocycles. The van der Waals surface area contributed by atoms with Crippen LogP contribution in [0.15, 0.2) is 0 Å². The van der Waals surface area contributed by atoms with E-state index >= 15 is 0 Å². The van der Waals surface area contributed by atoms with E-state index in [2.05, 4.69) is 28.8 Å². The van der Waals surface area contributed by atoms with Crippen LogP contribution in [-0.4, -0.2) is 80.1 Å². The van der Waals surface area contributed by atoms with Crippen molar-refractivity contribution in [2.45, 2.75) is 31.2 Å². The van der Waals surface area contributed by atoms with Gasteiger partial charge in [-0.2, -0.15) is 0 Å². The Kier molecular flexibility index (Phi) is 4.37. The van der Waals surface area contributed by atoms with Crippen LogP contribution < -0.4 is 5.73 Å². The molecule has 4 aliphatic heterocycles. The van der Waals surface area contributed by atoms with E-state index in [1.807, 2.05) is 0 Å². The monoisotopic (exact) mass is 280 g/mol. The summed E-state index contributed by atoms with van der Waals surface area (Å²) >= 11 is 0. The number of piperidine rings is 4. The molecule has 0 aliphatic carbocycles. The van der Waals surface area contributed by atoms with E-state index in [0.29, 0.717) is 5.54 Å². The number of nitrogens with zero attached hydrogens (tertiary/aromatic N) is 3. The highest BCUT2D eigenvalue weighted by Crippen LogP contribution is 2.40. The van der Waals surface area contributed by atoms with Gasteiger partial charge in [0.2, 0.25) is 0 Å². The van der Waals surface area contributed by atoms with E-state index < -0.39 is 0 Å². The lowest BCUT2D eigenvalue weighted by atomic mass is 9.70. The molecule has 1 unspecified atom stereocenters. The van der Waals surface area contributed by atoms with Crippen molar-refractivity contribution in [2.75, 3.05) is 59.9 Å². The quantitative estimate of drug-likeness (QED) is 0.822. The fraction of sp³-hybridized carbons (Fsp3) is 1.00. The topological polar surface area (TPSA) is 35.7 Å². The van der Waals surface area contributed by atoms with Crippen LogP contribution in [0.2, 0.25) is 0 Å². The Balaban J connectivity index is 1.64. The third-order valence-electron chi connectivity index (χ3n) is 6.07. The van der Waals surface area contributed by atoms with Crippen molar-refractivity contribution in [3.63, 3.8) is 0 Å². The summed E-state index contributed by atoms with van der Waals surface area (Å²) in [7, 11) is 4.39. The van der Waals surface area contributed by atoms with Gasteiger partial charge in [-0.15, -0.1) is 0 Å². The molecule has 0 radical (unpaired) electrons. The van der Waals surface area contributed by atoms with Crippen LogP contribution in [0, 0.1) is 11.8 Å². The van der Waals surface area contributed by atoms with Gasteiger partial charge in [-0.1, -0.05) is 0 Å². The Bertz CT molecular complexity index is 316. The molecule has 4 aliphatic rings. The van der Waals surface area contributed by atoms with Gasteiger partial charge in [0.15, 0.2) is 0 Å². The SMILES string of the molecule is CN(C)CC1CCN(C2(CN)CN3CCC2CC3)CC1. The molecular weight excluding hydrogens is 248 g/mol. The summed E-state index contributed by atoms with van der Waals surface area (Å²) < 4.78 is 0. The molecule has 4 nitrogen and oxygen atoms in total. The normalized spacial score (nSPS) is 39.6. The van der Waals surface area contributed by atoms with Gasteiger partial charge < -0.3 is 15.5 Å². The number of rotatable bonds is 4. The molecule has 2 bridgehead atoms. The maximum atomic E-state index is 6.29. The van der Waals surface area contributed by atoms with Gasteiger partial charge in [0.1, 0.15) is 0 Å². The minimum absolute atomic E-state index is 0.305. The summed E-state index contributed by atoms with van der Waals surface area (Å²) in [6.45, 7) is 8.48. The summed E-state index contributed by atoms with van der Waals surface area (Å²) in [5, 5.41) is 0. The van der Waals surface area contributed by atoms with Crippen molar-refractivity contribution in [1.29, 1.82) is 0 Å². The van der Waals surface area contributed by atoms with Gasteiger partial charge in [-0.05, 0) is 77.8 Å². The molecule has 0 amide bonds. The van der Waals surface area contributed by atoms with Gasteiger partial charge in [-0.3, -0.25) is 4.90 Å². The highest BCUT2D eigenvalue weighted by molar-refractivity contribution is 5.06. The van der Waals surface area contributed by atoms with Crippen LogP contribution in [0.4, 0.5) is 0 Å². The highest BCUT2D eigenvalue weighted by Gasteiger charge is 2.49. The van der Waals surface area contributed by atoms with E-state index in [1.54, 1.807) is 0 Å². The predicted molar refractivity (Wildman–Crippen MR) is 83.8 cm³/mol. The van der Waals surface area contributed by atoms with Crippen molar-refractivity contribution in [3.05, 3.63) is 0 Å². The maximum Gasteiger partial charge on any atom is 0.0487 e. The first-order valence-corrected chi connectivity index (χ1v) is 8.46. The lowest BCUT2D eigenvalue weighted by Crippen LogP contribution is -2.71. The minimum atomic E-state index is 0.305. The average molecular weight is 280 g/mol. The standard InChI is InChI=1S/C16H32N4/c1-18(2)11-14-3-9-20(10-4-14)16(12-17)13-19-7-5-15(16)6-8-19/h14-15H,3-13,17H2,1-2H3. The Morgan fingerprint density at radius 3 is 2.15 bits per heavy atom. The molecule has 2 N–H and O–H groups in total. The van der Waals surface area contributed by atoms with Crippen molar-refractivity contribution in [1.82, 2.24) is 14.7 Å². The van der Waals surface area contributed by atoms with Crippen LogP contribution in [0.1, 0.15) is 25.7 Å². The van der Waals surface area contributed by atoms with Gasteiger partial charge in [0.05, 0.1) is 0 Å². The molecule has 4 heteroatoms. The van der Waals surface area contributed by atoms with Gasteiger partial charge in [-0.25, -0.2) is 0 Å². The van der Waals surface area contributed by atoms with Gasteiger partial charge in [0.25, 0.3) is 0 Å². The van der Waals surface area contributed by atoms with Crippen molar-refractivity contribution in [3.8, 4) is 0 Å². The molecule has 0 aromatic rings. The number of likely N-dealkylation sites (tertiary alicyclic amines) is 1. The highest BCUT2D eigenvalue weighted by atomic mass is 15.3. The summed E-state index contributed by atoms with van der Waals surface area (Å²) in [5.74, 6) is 1.74. The minimum Gasteiger partial charge on any atom is -0.329 e. The maximum absolute atomic E-state index is 6.29. The van der Waals surface area contributed by atoms with Gasteiger partial charge in [0, 0.05) is 25.2 Å². The number of nitrogens with two attached hydrogens (primary N) is 1. The van der Waals surface area contributed by atoms with Crippen LogP contribution in [-0.2, 0) is 0 Å². The van der Waals surface area contributed by atoms with Crippen LogP contribution in [0.25, 0.3) is 0 Å². The van der Waals surface area contributed by atoms with E-state index in [1.165, 1.54) is 65.0 Å². The molecular formula is C16H32N4. The molecule has 0 saturated carbocycles. The molecule has 4 heterocycles. The first-order chi connectivity index (χ1) is 9.64. The number of fused-ring (bicyclic) bond motifs is 3. The molecule has 1 atom stereocenters. The van der Waals surface area contributed by atoms with Crippen LogP contribution >= 0.6 is 0 Å². The van der Waals surface area contributed by atoms with Crippen LogP contribution in [0.5, 0.6) is 0 Å². The van der Waals surface area contributed by atoms with Crippen molar-refractivity contribution < 1.29 is 0 Å². The third-order valence-corrected chi connectivity index (χ3v) is 6.07. The molecule has 4 rings (SSSR count). The first-order valence-electron chi connectivity index (χ1n) is 8.46. The lowest BCUT2D eigenvalue weighted by molar-refractivity contribution is -0.0792. The second kappa shape index (κ2) is 5.91. The Hall–Kier alpha value is -0.160. The van der Waals surface area contributed by atoms with Crippen molar-refractivity contribution in [2.24, 2.45) is 17.6 Å². The van der Waals surface area contributed by atoms with E-state index in [-0.39, 0.29) is 0 Å². The zero-order valence-corrected chi connectivity index (χ0v) is 13.4. The second-order valence-electron chi connectivity index (χ2n) is 7.55. The Labute approximate surface area is 124 Å². The van der Waals surface area contributed by atoms with Crippen LogP contribution in [0.3, 0.4) is 0 Å². The predicted octanol–water partition coefficient (Wildman–Crippen LogP) is 0.683. The smallest absolute Gasteiger partial charge is 0.0487 e. The summed E-state index contributed by atoms with van der Waals surface area (Å²) in [4.78, 5) is 7.77. The number of hydrogen-bond acceptors (Lipinski definition) is 4. The fourth-order valence-corrected chi connectivity index (χ4v) is 4.94. The zero-order valence-electron chi connectivity index (χ0n) is 13.4. The molecule has 4 fully saturated rings. The number of hydrogen-bond donors (Lipinski definition) is 1. The third kappa shape index (κ3) is 2.63. The average Bonchev–Trinajstić information content (AvgIpc) is 2.48. The summed E-state index contributed by atoms with van der Waals surface area (Å²) in [6.07, 6.45) is 5.45. The summed E-state index contributed by atoms with van der Waals surface area (Å²) in [5.41, 5.74) is 6.60. The largest absolute Gasteiger partial charge is 0.329 e. The molecule has 20 heavy (non-hydrogen) atoms. The Morgan fingerprint density at radius 2 is 1.70 bits per heavy atom. The molecule has 4 saturated heterocycles. The van der Waals surface area contributed by atoms with E-state index in [4.69, 9.17) is 5.73 Å². The Morgan fingerprint density at radius 1 is 1.05 bits per heavy atom. The van der Waals surface area contributed by atoms with Crippen molar-refractivity contribution >= 4 is 0 Å².